The molecule has 6 heteroatoms. The first-order valence-electron chi connectivity index (χ1n) is 6.27. The summed E-state index contributed by atoms with van der Waals surface area (Å²) in [5.74, 6) is 1.73. The summed E-state index contributed by atoms with van der Waals surface area (Å²) in [6.45, 7) is 0.266. The molecular formula is C13H12N4OS. The van der Waals surface area contributed by atoms with Gasteiger partial charge in [-0.1, -0.05) is 5.16 Å². The van der Waals surface area contributed by atoms with Crippen LogP contribution in [0, 0.1) is 0 Å². The van der Waals surface area contributed by atoms with E-state index in [-0.39, 0.29) is 6.54 Å². The molecule has 2 heterocycles. The second-order valence-electron chi connectivity index (χ2n) is 4.72. The monoisotopic (exact) mass is 272 g/mol. The second-order valence-corrected chi connectivity index (χ2v) is 5.79. The topological polar surface area (TPSA) is 77.8 Å². The minimum absolute atomic E-state index is 0.266. The number of benzene rings is 1. The van der Waals surface area contributed by atoms with Gasteiger partial charge in [0, 0.05) is 11.5 Å². The Morgan fingerprint density at radius 2 is 2.21 bits per heavy atom. The predicted octanol–water partition coefficient (Wildman–Crippen LogP) is 2.68. The summed E-state index contributed by atoms with van der Waals surface area (Å²) >= 11 is 1.77. The van der Waals surface area contributed by atoms with Gasteiger partial charge in [-0.05, 0) is 31.0 Å². The molecule has 1 fully saturated rings. The first-order valence-corrected chi connectivity index (χ1v) is 7.08. The van der Waals surface area contributed by atoms with Crippen LogP contribution in [0.3, 0.4) is 0 Å². The third-order valence-electron chi connectivity index (χ3n) is 3.23. The van der Waals surface area contributed by atoms with E-state index in [9.17, 15) is 0 Å². The lowest BCUT2D eigenvalue weighted by molar-refractivity contribution is 0.380. The smallest absolute Gasteiger partial charge is 0.240 e. The molecule has 2 N–H and O–H groups in total. The molecule has 1 aliphatic carbocycles. The first-order chi connectivity index (χ1) is 9.33. The summed E-state index contributed by atoms with van der Waals surface area (Å²) in [5.41, 5.74) is 7.47. The number of aromatic nitrogens is 3. The molecule has 19 heavy (non-hydrogen) atoms. The molecule has 0 spiro atoms. The quantitative estimate of drug-likeness (QED) is 0.793. The molecule has 1 aromatic carbocycles. The Morgan fingerprint density at radius 1 is 1.32 bits per heavy atom. The van der Waals surface area contributed by atoms with Crippen LogP contribution in [0.5, 0.6) is 0 Å². The number of thiazole rings is 1. The van der Waals surface area contributed by atoms with E-state index in [1.165, 1.54) is 22.5 Å². The van der Waals surface area contributed by atoms with E-state index in [2.05, 4.69) is 21.2 Å². The average Bonchev–Trinajstić information content (AvgIpc) is 3.03. The van der Waals surface area contributed by atoms with Gasteiger partial charge in [0.2, 0.25) is 11.7 Å². The second kappa shape index (κ2) is 4.11. The third-order valence-corrected chi connectivity index (χ3v) is 4.41. The Balaban J connectivity index is 1.77. The van der Waals surface area contributed by atoms with Crippen LogP contribution in [-0.2, 0) is 6.54 Å². The fourth-order valence-corrected chi connectivity index (χ4v) is 3.22. The number of rotatable bonds is 3. The summed E-state index contributed by atoms with van der Waals surface area (Å²) in [5, 5.41) is 5.19. The third kappa shape index (κ3) is 1.93. The highest BCUT2D eigenvalue weighted by Gasteiger charge is 2.27. The minimum Gasteiger partial charge on any atom is -0.338 e. The summed E-state index contributed by atoms with van der Waals surface area (Å²) in [7, 11) is 0. The first kappa shape index (κ1) is 11.1. The van der Waals surface area contributed by atoms with Crippen LogP contribution in [-0.4, -0.2) is 15.1 Å². The van der Waals surface area contributed by atoms with Crippen molar-refractivity contribution in [3.05, 3.63) is 29.1 Å². The van der Waals surface area contributed by atoms with Crippen LogP contribution in [0.25, 0.3) is 21.6 Å². The molecule has 0 aliphatic heterocycles. The Labute approximate surface area is 113 Å². The number of fused-ring (bicyclic) bond motifs is 1. The van der Waals surface area contributed by atoms with Crippen molar-refractivity contribution in [2.45, 2.75) is 25.3 Å². The molecule has 0 unspecified atom stereocenters. The van der Waals surface area contributed by atoms with Crippen molar-refractivity contribution in [1.29, 1.82) is 0 Å². The van der Waals surface area contributed by atoms with Crippen molar-refractivity contribution in [3.63, 3.8) is 0 Å². The van der Waals surface area contributed by atoms with Gasteiger partial charge in [0.15, 0.2) is 0 Å². The maximum atomic E-state index is 5.47. The van der Waals surface area contributed by atoms with Gasteiger partial charge in [0.25, 0.3) is 0 Å². The van der Waals surface area contributed by atoms with E-state index in [0.717, 1.165) is 11.1 Å². The zero-order chi connectivity index (χ0) is 12.8. The molecule has 3 aromatic rings. The lowest BCUT2D eigenvalue weighted by Gasteiger charge is -1.93. The van der Waals surface area contributed by atoms with Crippen molar-refractivity contribution in [2.75, 3.05) is 0 Å². The van der Waals surface area contributed by atoms with E-state index in [0.29, 0.717) is 17.6 Å². The molecule has 0 amide bonds. The lowest BCUT2D eigenvalue weighted by Crippen LogP contribution is -1.95. The Morgan fingerprint density at radius 3 is 2.95 bits per heavy atom. The van der Waals surface area contributed by atoms with E-state index in [1.807, 2.05) is 12.1 Å². The van der Waals surface area contributed by atoms with Crippen molar-refractivity contribution < 1.29 is 4.52 Å². The van der Waals surface area contributed by atoms with Gasteiger partial charge in [-0.2, -0.15) is 4.98 Å². The van der Waals surface area contributed by atoms with Crippen LogP contribution in [0.1, 0.15) is 29.7 Å². The Bertz CT molecular complexity index is 744. The number of nitrogens with zero attached hydrogens (tertiary/aromatic N) is 3. The Kier molecular flexibility index (Phi) is 2.39. The van der Waals surface area contributed by atoms with Gasteiger partial charge in [-0.3, -0.25) is 0 Å². The van der Waals surface area contributed by atoms with Crippen molar-refractivity contribution >= 4 is 21.6 Å². The van der Waals surface area contributed by atoms with Gasteiger partial charge in [-0.15, -0.1) is 11.3 Å². The molecule has 0 atom stereocenters. The normalized spacial score (nSPS) is 15.2. The standard InChI is InChI=1S/C13H12N4OS/c14-6-11-16-12(17-18-11)8-3-4-9-10(5-8)19-13(15-9)7-1-2-7/h3-5,7H,1-2,6,14H2. The fraction of sp³-hybridized carbons (Fsp3) is 0.308. The number of hydrogen-bond acceptors (Lipinski definition) is 6. The average molecular weight is 272 g/mol. The fourth-order valence-electron chi connectivity index (χ4n) is 2.04. The molecular weight excluding hydrogens is 260 g/mol. The van der Waals surface area contributed by atoms with Crippen molar-refractivity contribution in [3.8, 4) is 11.4 Å². The molecule has 1 aliphatic rings. The number of hydrogen-bond donors (Lipinski definition) is 1. The predicted molar refractivity (Wildman–Crippen MR) is 72.8 cm³/mol. The van der Waals surface area contributed by atoms with Crippen LogP contribution in [0.15, 0.2) is 22.7 Å². The minimum atomic E-state index is 0.266. The highest BCUT2D eigenvalue weighted by Crippen LogP contribution is 2.43. The largest absolute Gasteiger partial charge is 0.338 e. The summed E-state index contributed by atoms with van der Waals surface area (Å²) < 4.78 is 6.21. The van der Waals surface area contributed by atoms with Crippen LogP contribution in [0.2, 0.25) is 0 Å². The molecule has 4 rings (SSSR count). The van der Waals surface area contributed by atoms with Crippen LogP contribution in [0.4, 0.5) is 0 Å². The van der Waals surface area contributed by atoms with Crippen molar-refractivity contribution in [2.24, 2.45) is 5.73 Å². The SMILES string of the molecule is NCc1nc(-c2ccc3nc(C4CC4)sc3c2)no1. The molecule has 96 valence electrons. The maximum absolute atomic E-state index is 5.47. The maximum Gasteiger partial charge on any atom is 0.240 e. The lowest BCUT2D eigenvalue weighted by atomic mass is 10.2. The molecule has 0 radical (unpaired) electrons. The molecule has 0 saturated heterocycles. The van der Waals surface area contributed by atoms with Gasteiger partial charge >= 0.3 is 0 Å². The summed E-state index contributed by atoms with van der Waals surface area (Å²) in [6, 6.07) is 6.07. The van der Waals surface area contributed by atoms with Gasteiger partial charge < -0.3 is 10.3 Å². The Hall–Kier alpha value is -1.79. The highest BCUT2D eigenvalue weighted by molar-refractivity contribution is 7.18. The van der Waals surface area contributed by atoms with E-state index < -0.39 is 0 Å². The van der Waals surface area contributed by atoms with Gasteiger partial charge in [0.05, 0.1) is 21.8 Å². The van der Waals surface area contributed by atoms with Gasteiger partial charge in [0.1, 0.15) is 0 Å². The molecule has 2 aromatic heterocycles. The zero-order valence-corrected chi connectivity index (χ0v) is 11.0. The molecule has 1 saturated carbocycles. The van der Waals surface area contributed by atoms with Gasteiger partial charge in [-0.25, -0.2) is 4.98 Å². The molecule has 0 bridgehead atoms. The summed E-state index contributed by atoms with van der Waals surface area (Å²) in [6.07, 6.45) is 2.55. The van der Waals surface area contributed by atoms with E-state index in [4.69, 9.17) is 10.3 Å². The van der Waals surface area contributed by atoms with E-state index in [1.54, 1.807) is 11.3 Å². The zero-order valence-electron chi connectivity index (χ0n) is 10.2. The summed E-state index contributed by atoms with van der Waals surface area (Å²) in [4.78, 5) is 8.91. The number of nitrogens with two attached hydrogens (primary N) is 1. The highest BCUT2D eigenvalue weighted by atomic mass is 32.1. The van der Waals surface area contributed by atoms with E-state index >= 15 is 0 Å². The van der Waals surface area contributed by atoms with Crippen LogP contribution >= 0.6 is 11.3 Å². The van der Waals surface area contributed by atoms with Crippen molar-refractivity contribution in [1.82, 2.24) is 15.1 Å². The molecule has 5 nitrogen and oxygen atoms in total. The van der Waals surface area contributed by atoms with Crippen LogP contribution < -0.4 is 5.73 Å².